The minimum Gasteiger partial charge on any atom is -0.393 e. The highest BCUT2D eigenvalue weighted by molar-refractivity contribution is 7.86. The lowest BCUT2D eigenvalue weighted by molar-refractivity contribution is -0.125. The largest absolute Gasteiger partial charge is 0.393 e. The number of hydrogen-bond donors (Lipinski definition) is 4. The molecular weight excluding hydrogens is 326 g/mol. The highest BCUT2D eigenvalue weighted by atomic mass is 32.2. The summed E-state index contributed by atoms with van der Waals surface area (Å²) >= 11 is 0. The van der Waals surface area contributed by atoms with E-state index in [0.29, 0.717) is 19.3 Å². The molecule has 0 aromatic carbocycles. The second kappa shape index (κ2) is 10.2. The van der Waals surface area contributed by atoms with Gasteiger partial charge in [0.05, 0.1) is 37.1 Å². The van der Waals surface area contributed by atoms with E-state index in [9.17, 15) is 23.4 Å². The van der Waals surface area contributed by atoms with Gasteiger partial charge in [0.2, 0.25) is 5.91 Å². The molecule has 0 saturated carbocycles. The minimum absolute atomic E-state index is 0.0851. The van der Waals surface area contributed by atoms with Crippen LogP contribution >= 0.6 is 0 Å². The zero-order valence-electron chi connectivity index (χ0n) is 14.0. The molecule has 0 bridgehead atoms. The molecule has 4 N–H and O–H groups in total. The van der Waals surface area contributed by atoms with Gasteiger partial charge in [-0.15, -0.1) is 0 Å². The van der Waals surface area contributed by atoms with E-state index in [-0.39, 0.29) is 25.1 Å². The van der Waals surface area contributed by atoms with Gasteiger partial charge in [-0.2, -0.15) is 8.42 Å². The third-order valence-electron chi connectivity index (χ3n) is 3.34. The number of carbonyl (C=O) groups is 1. The molecule has 8 nitrogen and oxygen atoms in total. The summed E-state index contributed by atoms with van der Waals surface area (Å²) in [6.45, 7) is 3.02. The number of rotatable bonds is 12. The van der Waals surface area contributed by atoms with Crippen molar-refractivity contribution in [3.8, 4) is 0 Å². The molecule has 138 valence electrons. The van der Waals surface area contributed by atoms with Gasteiger partial charge in [-0.1, -0.05) is 0 Å². The molecule has 0 fully saturated rings. The topological polar surface area (TPSA) is 133 Å². The number of aliphatic hydroxyl groups excluding tert-OH is 2. The van der Waals surface area contributed by atoms with Gasteiger partial charge in [0.25, 0.3) is 10.1 Å². The van der Waals surface area contributed by atoms with Crippen LogP contribution in [0.4, 0.5) is 0 Å². The summed E-state index contributed by atoms with van der Waals surface area (Å²) in [4.78, 5) is 11.7. The standard InChI is InChI=1S/C14H29NO7S/c1-11(16)9-12(17)5-4-6-14(2,19)10-13(18)15-7-8-23(20,21)22-3/h11-12,16-17,19H,4-10H2,1-3H3,(H,15,18)/t11-,12+,14-/m0/s1. The zero-order valence-corrected chi connectivity index (χ0v) is 14.8. The Morgan fingerprint density at radius 3 is 2.48 bits per heavy atom. The van der Waals surface area contributed by atoms with Gasteiger partial charge in [-0.25, -0.2) is 0 Å². The minimum atomic E-state index is -3.62. The summed E-state index contributed by atoms with van der Waals surface area (Å²) in [5.74, 6) is -0.783. The van der Waals surface area contributed by atoms with E-state index in [2.05, 4.69) is 9.50 Å². The maximum Gasteiger partial charge on any atom is 0.268 e. The van der Waals surface area contributed by atoms with Crippen LogP contribution < -0.4 is 5.32 Å². The quantitative estimate of drug-likeness (QED) is 0.348. The van der Waals surface area contributed by atoms with Crippen LogP contribution in [-0.2, 0) is 19.1 Å². The molecule has 0 rings (SSSR count). The van der Waals surface area contributed by atoms with E-state index in [1.165, 1.54) is 6.92 Å². The summed E-state index contributed by atoms with van der Waals surface area (Å²) in [6.07, 6.45) is 0.135. The summed E-state index contributed by atoms with van der Waals surface area (Å²) in [5.41, 5.74) is -1.24. The fourth-order valence-corrected chi connectivity index (χ4v) is 2.64. The zero-order chi connectivity index (χ0) is 18.1. The van der Waals surface area contributed by atoms with Gasteiger partial charge >= 0.3 is 0 Å². The predicted octanol–water partition coefficient (Wildman–Crippen LogP) is -0.478. The molecule has 1 amide bonds. The third-order valence-corrected chi connectivity index (χ3v) is 4.55. The van der Waals surface area contributed by atoms with E-state index in [1.807, 2.05) is 0 Å². The van der Waals surface area contributed by atoms with Crippen molar-refractivity contribution < 1.29 is 32.7 Å². The monoisotopic (exact) mass is 355 g/mol. The summed E-state index contributed by atoms with van der Waals surface area (Å²) in [5, 5.41) is 31.3. The molecule has 0 heterocycles. The molecule has 23 heavy (non-hydrogen) atoms. The van der Waals surface area contributed by atoms with Gasteiger partial charge in [-0.3, -0.25) is 8.98 Å². The van der Waals surface area contributed by atoms with E-state index >= 15 is 0 Å². The van der Waals surface area contributed by atoms with E-state index < -0.39 is 33.8 Å². The molecule has 0 aliphatic rings. The lowest BCUT2D eigenvalue weighted by Gasteiger charge is -2.23. The van der Waals surface area contributed by atoms with Crippen LogP contribution in [-0.4, -0.2) is 66.9 Å². The Hall–Kier alpha value is -0.740. The molecular formula is C14H29NO7S. The molecule has 0 aliphatic carbocycles. The molecule has 0 aromatic heterocycles. The predicted molar refractivity (Wildman–Crippen MR) is 85.2 cm³/mol. The van der Waals surface area contributed by atoms with E-state index in [0.717, 1.165) is 7.11 Å². The first-order valence-electron chi connectivity index (χ1n) is 7.61. The normalized spacial score (nSPS) is 17.3. The van der Waals surface area contributed by atoms with Crippen LogP contribution in [0.15, 0.2) is 0 Å². The highest BCUT2D eigenvalue weighted by Crippen LogP contribution is 2.19. The number of aliphatic hydroxyl groups is 3. The van der Waals surface area contributed by atoms with Gasteiger partial charge < -0.3 is 20.6 Å². The number of carbonyl (C=O) groups excluding carboxylic acids is 1. The van der Waals surface area contributed by atoms with Gasteiger partial charge in [0.15, 0.2) is 0 Å². The van der Waals surface area contributed by atoms with Gasteiger partial charge in [0, 0.05) is 6.54 Å². The Kier molecular flexibility index (Phi) is 9.86. The maximum absolute atomic E-state index is 11.7. The molecule has 0 radical (unpaired) electrons. The van der Waals surface area contributed by atoms with Gasteiger partial charge in [-0.05, 0) is 39.5 Å². The second-order valence-electron chi connectivity index (χ2n) is 6.08. The third kappa shape index (κ3) is 12.4. The first-order chi connectivity index (χ1) is 10.5. The first-order valence-corrected chi connectivity index (χ1v) is 9.18. The molecule has 3 atom stereocenters. The first kappa shape index (κ1) is 22.3. The van der Waals surface area contributed by atoms with Crippen molar-refractivity contribution >= 4 is 16.0 Å². The Labute approximate surface area is 138 Å². The summed E-state index contributed by atoms with van der Waals surface area (Å²) in [6, 6.07) is 0. The van der Waals surface area contributed by atoms with Crippen LogP contribution in [0.2, 0.25) is 0 Å². The van der Waals surface area contributed by atoms with Crippen LogP contribution in [0.25, 0.3) is 0 Å². The van der Waals surface area contributed by atoms with Crippen molar-refractivity contribution in [2.24, 2.45) is 0 Å². The van der Waals surface area contributed by atoms with Crippen molar-refractivity contribution in [2.75, 3.05) is 19.4 Å². The van der Waals surface area contributed by atoms with Crippen molar-refractivity contribution in [1.82, 2.24) is 5.32 Å². The van der Waals surface area contributed by atoms with Crippen molar-refractivity contribution in [2.45, 2.75) is 63.8 Å². The van der Waals surface area contributed by atoms with Crippen LogP contribution in [0.3, 0.4) is 0 Å². The van der Waals surface area contributed by atoms with Gasteiger partial charge in [0.1, 0.15) is 0 Å². The lowest BCUT2D eigenvalue weighted by atomic mass is 9.93. The van der Waals surface area contributed by atoms with E-state index in [4.69, 9.17) is 5.11 Å². The maximum atomic E-state index is 11.7. The average Bonchev–Trinajstić information content (AvgIpc) is 2.36. The van der Waals surface area contributed by atoms with E-state index in [1.54, 1.807) is 6.92 Å². The molecule has 0 aromatic rings. The lowest BCUT2D eigenvalue weighted by Crippen LogP contribution is -2.36. The second-order valence-corrected chi connectivity index (χ2v) is 7.94. The van der Waals surface area contributed by atoms with Crippen molar-refractivity contribution in [3.05, 3.63) is 0 Å². The molecule has 0 saturated heterocycles. The molecule has 0 unspecified atom stereocenters. The fraction of sp³-hybridized carbons (Fsp3) is 0.929. The van der Waals surface area contributed by atoms with Crippen LogP contribution in [0.5, 0.6) is 0 Å². The number of amides is 1. The van der Waals surface area contributed by atoms with Crippen molar-refractivity contribution in [1.29, 1.82) is 0 Å². The summed E-state index contributed by atoms with van der Waals surface area (Å²) in [7, 11) is -2.57. The Balaban J connectivity index is 4.03. The number of nitrogens with one attached hydrogen (secondary N) is 1. The van der Waals surface area contributed by atoms with Crippen molar-refractivity contribution in [3.63, 3.8) is 0 Å². The van der Waals surface area contributed by atoms with Crippen LogP contribution in [0.1, 0.15) is 46.0 Å². The number of hydrogen-bond acceptors (Lipinski definition) is 7. The molecule has 0 spiro atoms. The average molecular weight is 355 g/mol. The molecule has 9 heteroatoms. The Morgan fingerprint density at radius 1 is 1.35 bits per heavy atom. The smallest absolute Gasteiger partial charge is 0.268 e. The fourth-order valence-electron chi connectivity index (χ4n) is 2.13. The molecule has 0 aliphatic heterocycles. The van der Waals surface area contributed by atoms with Crippen LogP contribution in [0, 0.1) is 0 Å². The Bertz CT molecular complexity index is 448. The SMILES string of the molecule is COS(=O)(=O)CCNC(=O)C[C@@](C)(O)CCC[C@@H](O)C[C@H](C)O. The highest BCUT2D eigenvalue weighted by Gasteiger charge is 2.24. The summed E-state index contributed by atoms with van der Waals surface area (Å²) < 4.78 is 26.4. The Morgan fingerprint density at radius 2 is 1.96 bits per heavy atom.